The van der Waals surface area contributed by atoms with Crippen LogP contribution >= 0.6 is 11.6 Å². The summed E-state index contributed by atoms with van der Waals surface area (Å²) in [5.41, 5.74) is 1.79. The van der Waals surface area contributed by atoms with Gasteiger partial charge < -0.3 is 9.88 Å². The predicted molar refractivity (Wildman–Crippen MR) is 80.8 cm³/mol. The SMILES string of the molecule is C[C@H](c1nc2ccc(Cl)cc2[nH]1)N(C)CC(=O)N(C)C. The number of carbonyl (C=O) groups excluding carboxylic acids is 1. The third-order valence-electron chi connectivity index (χ3n) is 3.40. The third-order valence-corrected chi connectivity index (χ3v) is 3.64. The van der Waals surface area contributed by atoms with Crippen molar-refractivity contribution in [1.29, 1.82) is 0 Å². The maximum absolute atomic E-state index is 11.7. The third kappa shape index (κ3) is 3.11. The van der Waals surface area contributed by atoms with Crippen LogP contribution in [-0.4, -0.2) is 53.4 Å². The molecule has 6 heteroatoms. The van der Waals surface area contributed by atoms with Crippen molar-refractivity contribution >= 4 is 28.5 Å². The van der Waals surface area contributed by atoms with Gasteiger partial charge in [-0.05, 0) is 32.2 Å². The standard InChI is InChI=1S/C14H19ClN4O/c1-9(19(4)8-13(20)18(2)3)14-16-11-6-5-10(15)7-12(11)17-14/h5-7,9H,8H2,1-4H3,(H,16,17)/t9-/m1/s1. The molecule has 5 nitrogen and oxygen atoms in total. The predicted octanol–water partition coefficient (Wildman–Crippen LogP) is 2.30. The van der Waals surface area contributed by atoms with Crippen molar-refractivity contribution in [3.63, 3.8) is 0 Å². The molecule has 2 aromatic rings. The Morgan fingerprint density at radius 1 is 1.40 bits per heavy atom. The number of imidazole rings is 1. The minimum atomic E-state index is 0.0186. The molecule has 20 heavy (non-hydrogen) atoms. The van der Waals surface area contributed by atoms with Gasteiger partial charge in [0.05, 0.1) is 23.6 Å². The van der Waals surface area contributed by atoms with Crippen LogP contribution in [0.25, 0.3) is 11.0 Å². The second kappa shape index (κ2) is 5.81. The molecule has 0 aliphatic rings. The number of nitrogens with one attached hydrogen (secondary N) is 1. The van der Waals surface area contributed by atoms with Gasteiger partial charge in [-0.1, -0.05) is 11.6 Å². The highest BCUT2D eigenvalue weighted by molar-refractivity contribution is 6.31. The van der Waals surface area contributed by atoms with Crippen LogP contribution in [0.5, 0.6) is 0 Å². The lowest BCUT2D eigenvalue weighted by atomic mass is 10.3. The Labute approximate surface area is 123 Å². The fourth-order valence-corrected chi connectivity index (χ4v) is 2.07. The molecule has 2 rings (SSSR count). The Morgan fingerprint density at radius 2 is 2.10 bits per heavy atom. The number of rotatable bonds is 4. The van der Waals surface area contributed by atoms with E-state index in [9.17, 15) is 4.79 Å². The second-order valence-corrected chi connectivity index (χ2v) is 5.60. The van der Waals surface area contributed by atoms with E-state index in [2.05, 4.69) is 9.97 Å². The van der Waals surface area contributed by atoms with Gasteiger partial charge in [0, 0.05) is 19.1 Å². The van der Waals surface area contributed by atoms with Crippen molar-refractivity contribution in [2.24, 2.45) is 0 Å². The van der Waals surface area contributed by atoms with Crippen LogP contribution in [0.3, 0.4) is 0 Å². The molecule has 1 aromatic heterocycles. The Balaban J connectivity index is 2.18. The number of aromatic nitrogens is 2. The van der Waals surface area contributed by atoms with Crippen molar-refractivity contribution in [2.75, 3.05) is 27.7 Å². The first-order chi connectivity index (χ1) is 9.38. The maximum Gasteiger partial charge on any atom is 0.236 e. The minimum absolute atomic E-state index is 0.0186. The lowest BCUT2D eigenvalue weighted by Gasteiger charge is -2.23. The zero-order valence-corrected chi connectivity index (χ0v) is 12.9. The van der Waals surface area contributed by atoms with Crippen molar-refractivity contribution in [1.82, 2.24) is 19.8 Å². The number of halogens is 1. The van der Waals surface area contributed by atoms with E-state index >= 15 is 0 Å². The molecule has 1 heterocycles. The molecule has 0 saturated heterocycles. The van der Waals surface area contributed by atoms with Crippen LogP contribution < -0.4 is 0 Å². The number of amides is 1. The average Bonchev–Trinajstić information content (AvgIpc) is 2.80. The molecule has 0 aliphatic carbocycles. The first-order valence-electron chi connectivity index (χ1n) is 6.44. The zero-order valence-electron chi connectivity index (χ0n) is 12.1. The van der Waals surface area contributed by atoms with Gasteiger partial charge in [-0.25, -0.2) is 4.98 Å². The molecule has 1 aromatic carbocycles. The molecule has 0 fully saturated rings. The van der Waals surface area contributed by atoms with Gasteiger partial charge in [-0.15, -0.1) is 0 Å². The molecule has 1 atom stereocenters. The van der Waals surface area contributed by atoms with Gasteiger partial charge in [0.25, 0.3) is 0 Å². The van der Waals surface area contributed by atoms with Crippen molar-refractivity contribution in [2.45, 2.75) is 13.0 Å². The number of aromatic amines is 1. The Morgan fingerprint density at radius 3 is 2.75 bits per heavy atom. The molecule has 0 radical (unpaired) electrons. The average molecular weight is 295 g/mol. The van der Waals surface area contributed by atoms with E-state index in [1.807, 2.05) is 37.1 Å². The Kier molecular flexibility index (Phi) is 4.30. The summed E-state index contributed by atoms with van der Waals surface area (Å²) < 4.78 is 0. The summed E-state index contributed by atoms with van der Waals surface area (Å²) in [6.07, 6.45) is 0. The fourth-order valence-electron chi connectivity index (χ4n) is 1.90. The van der Waals surface area contributed by atoms with Crippen molar-refractivity contribution < 1.29 is 4.79 Å². The number of hydrogen-bond acceptors (Lipinski definition) is 3. The van der Waals surface area contributed by atoms with E-state index in [-0.39, 0.29) is 11.9 Å². The molecule has 1 amide bonds. The molecular formula is C14H19ClN4O. The largest absolute Gasteiger partial charge is 0.348 e. The fraction of sp³-hybridized carbons (Fsp3) is 0.429. The summed E-state index contributed by atoms with van der Waals surface area (Å²) in [6, 6.07) is 5.57. The van der Waals surface area contributed by atoms with Crippen LogP contribution in [0.2, 0.25) is 5.02 Å². The van der Waals surface area contributed by atoms with Crippen LogP contribution in [-0.2, 0) is 4.79 Å². The number of nitrogens with zero attached hydrogens (tertiary/aromatic N) is 3. The molecule has 0 bridgehead atoms. The van der Waals surface area contributed by atoms with Gasteiger partial charge in [-0.3, -0.25) is 9.69 Å². The first kappa shape index (κ1) is 14.8. The maximum atomic E-state index is 11.7. The van der Waals surface area contributed by atoms with Gasteiger partial charge in [0.2, 0.25) is 5.91 Å². The van der Waals surface area contributed by atoms with Gasteiger partial charge in [-0.2, -0.15) is 0 Å². The molecular weight excluding hydrogens is 276 g/mol. The van der Waals surface area contributed by atoms with E-state index in [4.69, 9.17) is 11.6 Å². The highest BCUT2D eigenvalue weighted by Crippen LogP contribution is 2.22. The highest BCUT2D eigenvalue weighted by atomic mass is 35.5. The number of fused-ring (bicyclic) bond motifs is 1. The molecule has 1 N–H and O–H groups in total. The van der Waals surface area contributed by atoms with Crippen LogP contribution in [0.15, 0.2) is 18.2 Å². The summed E-state index contributed by atoms with van der Waals surface area (Å²) in [4.78, 5) is 23.1. The molecule has 108 valence electrons. The molecule has 0 aliphatic heterocycles. The lowest BCUT2D eigenvalue weighted by Crippen LogP contribution is -2.36. The van der Waals surface area contributed by atoms with E-state index in [1.165, 1.54) is 0 Å². The first-order valence-corrected chi connectivity index (χ1v) is 6.82. The smallest absolute Gasteiger partial charge is 0.236 e. The van der Waals surface area contributed by atoms with Crippen LogP contribution in [0.4, 0.5) is 0 Å². The normalized spacial score (nSPS) is 12.9. The van der Waals surface area contributed by atoms with Gasteiger partial charge >= 0.3 is 0 Å². The number of H-pyrrole nitrogens is 1. The molecule has 0 spiro atoms. The van der Waals surface area contributed by atoms with E-state index in [1.54, 1.807) is 19.0 Å². The van der Waals surface area contributed by atoms with Crippen molar-refractivity contribution in [3.05, 3.63) is 29.0 Å². The van der Waals surface area contributed by atoms with Gasteiger partial charge in [0.15, 0.2) is 0 Å². The van der Waals surface area contributed by atoms with Gasteiger partial charge in [0.1, 0.15) is 5.82 Å². The number of hydrogen-bond donors (Lipinski definition) is 1. The van der Waals surface area contributed by atoms with Crippen molar-refractivity contribution in [3.8, 4) is 0 Å². The van der Waals surface area contributed by atoms with E-state index < -0.39 is 0 Å². The van der Waals surface area contributed by atoms with E-state index in [0.717, 1.165) is 16.9 Å². The summed E-state index contributed by atoms with van der Waals surface area (Å²) in [6.45, 7) is 2.37. The summed E-state index contributed by atoms with van der Waals surface area (Å²) >= 11 is 5.97. The molecule has 0 unspecified atom stereocenters. The summed E-state index contributed by atoms with van der Waals surface area (Å²) in [7, 11) is 5.42. The topological polar surface area (TPSA) is 52.2 Å². The number of carbonyl (C=O) groups is 1. The quantitative estimate of drug-likeness (QED) is 0.941. The van der Waals surface area contributed by atoms with E-state index in [0.29, 0.717) is 11.6 Å². The Hall–Kier alpha value is -1.59. The Bertz CT molecular complexity index is 623. The summed E-state index contributed by atoms with van der Waals surface area (Å²) in [5, 5.41) is 0.677. The molecule has 0 saturated carbocycles. The van der Waals surface area contributed by atoms with Crippen LogP contribution in [0.1, 0.15) is 18.8 Å². The minimum Gasteiger partial charge on any atom is -0.348 e. The summed E-state index contributed by atoms with van der Waals surface area (Å²) in [5.74, 6) is 0.898. The van der Waals surface area contributed by atoms with Crippen LogP contribution in [0, 0.1) is 0 Å². The second-order valence-electron chi connectivity index (χ2n) is 5.16. The monoisotopic (exact) mass is 294 g/mol. The number of benzene rings is 1. The lowest BCUT2D eigenvalue weighted by molar-refractivity contribution is -0.130. The zero-order chi connectivity index (χ0) is 14.9. The highest BCUT2D eigenvalue weighted by Gasteiger charge is 2.18. The number of likely N-dealkylation sites (N-methyl/N-ethyl adjacent to an activating group) is 2.